The zero-order valence-electron chi connectivity index (χ0n) is 21.9. The Bertz CT molecular complexity index is 1440. The fourth-order valence-electron chi connectivity index (χ4n) is 4.84. The van der Waals surface area contributed by atoms with Crippen LogP contribution in [0.3, 0.4) is 0 Å². The van der Waals surface area contributed by atoms with Gasteiger partial charge in [0.2, 0.25) is 5.88 Å². The van der Waals surface area contributed by atoms with Crippen LogP contribution < -0.4 is 9.21 Å². The summed E-state index contributed by atoms with van der Waals surface area (Å²) in [5.74, 6) is -0.0637. The van der Waals surface area contributed by atoms with Gasteiger partial charge in [-0.1, -0.05) is 22.7 Å². The zero-order valence-corrected chi connectivity index (χ0v) is 22.8. The Labute approximate surface area is 229 Å². The normalized spacial score (nSPS) is 19.7. The SMILES string of the molecule is Cc1nc(O[C@H]2CC[C@H](c3cccc(C(F)(F)F)c3)C[C@@H]2N(C)C)ccc1S(=O)(=O)N(OC=O)c1ccncn1. The second-order valence-corrected chi connectivity index (χ2v) is 11.3. The monoisotopic (exact) mass is 579 g/mol. The van der Waals surface area contributed by atoms with Crippen LogP contribution in [0.4, 0.5) is 19.0 Å². The highest BCUT2D eigenvalue weighted by Crippen LogP contribution is 2.39. The molecule has 1 aliphatic carbocycles. The molecule has 14 heteroatoms. The Balaban J connectivity index is 1.53. The van der Waals surface area contributed by atoms with Crippen LogP contribution in [0.25, 0.3) is 0 Å². The molecule has 0 unspecified atom stereocenters. The lowest BCUT2D eigenvalue weighted by Crippen LogP contribution is -2.46. The summed E-state index contributed by atoms with van der Waals surface area (Å²) in [4.78, 5) is 29.4. The number of carbonyl (C=O) groups is 1. The summed E-state index contributed by atoms with van der Waals surface area (Å²) in [6.07, 6.45) is -0.603. The van der Waals surface area contributed by atoms with E-state index in [2.05, 4.69) is 15.0 Å². The molecule has 2 heterocycles. The summed E-state index contributed by atoms with van der Waals surface area (Å²) < 4.78 is 72.8. The number of hydrogen-bond donors (Lipinski definition) is 0. The predicted octanol–water partition coefficient (Wildman–Crippen LogP) is 4.13. The second kappa shape index (κ2) is 11.8. The van der Waals surface area contributed by atoms with Crippen molar-refractivity contribution in [2.45, 2.75) is 55.3 Å². The average Bonchev–Trinajstić information content (AvgIpc) is 2.91. The number of ether oxygens (including phenoxy) is 1. The first-order valence-corrected chi connectivity index (χ1v) is 13.8. The molecule has 1 fully saturated rings. The number of carbonyl (C=O) groups excluding carboxylic acids is 1. The quantitative estimate of drug-likeness (QED) is 0.273. The lowest BCUT2D eigenvalue weighted by Gasteiger charge is -2.39. The third-order valence-corrected chi connectivity index (χ3v) is 8.47. The highest BCUT2D eigenvalue weighted by atomic mass is 32.2. The highest BCUT2D eigenvalue weighted by molar-refractivity contribution is 7.92. The van der Waals surface area contributed by atoms with Crippen molar-refractivity contribution in [1.29, 1.82) is 0 Å². The van der Waals surface area contributed by atoms with Gasteiger partial charge < -0.3 is 14.5 Å². The van der Waals surface area contributed by atoms with Gasteiger partial charge in [-0.25, -0.2) is 15.0 Å². The smallest absolute Gasteiger partial charge is 0.416 e. The van der Waals surface area contributed by atoms with E-state index in [1.807, 2.05) is 19.0 Å². The van der Waals surface area contributed by atoms with Crippen molar-refractivity contribution < 1.29 is 36.0 Å². The maximum absolute atomic E-state index is 13.3. The van der Waals surface area contributed by atoms with E-state index < -0.39 is 21.8 Å². The van der Waals surface area contributed by atoms with E-state index >= 15 is 0 Å². The molecule has 0 aliphatic heterocycles. The predicted molar refractivity (Wildman–Crippen MR) is 138 cm³/mol. The molecule has 0 N–H and O–H groups in total. The summed E-state index contributed by atoms with van der Waals surface area (Å²) in [7, 11) is -0.642. The van der Waals surface area contributed by atoms with Crippen molar-refractivity contribution in [2.24, 2.45) is 0 Å². The van der Waals surface area contributed by atoms with Gasteiger partial charge in [-0.15, -0.1) is 0 Å². The Hall–Kier alpha value is -3.78. The lowest BCUT2D eigenvalue weighted by molar-refractivity contribution is -0.137. The topological polar surface area (TPSA) is 115 Å². The Morgan fingerprint density at radius 1 is 1.10 bits per heavy atom. The molecule has 1 saturated carbocycles. The summed E-state index contributed by atoms with van der Waals surface area (Å²) in [6, 6.07) is 9.26. The van der Waals surface area contributed by atoms with E-state index in [9.17, 15) is 26.4 Å². The van der Waals surface area contributed by atoms with Crippen molar-refractivity contribution in [3.05, 3.63) is 71.8 Å². The number of likely N-dealkylation sites (N-methyl/N-ethyl adjacent to an activating group) is 1. The number of anilines is 1. The minimum atomic E-state index is -4.41. The number of hydrogen-bond acceptors (Lipinski definition) is 9. The first kappa shape index (κ1) is 29.2. The van der Waals surface area contributed by atoms with Crippen LogP contribution >= 0.6 is 0 Å². The molecular weight excluding hydrogens is 551 g/mol. The van der Waals surface area contributed by atoms with Gasteiger partial charge in [0.1, 0.15) is 17.3 Å². The minimum absolute atomic E-state index is 0.0308. The van der Waals surface area contributed by atoms with E-state index in [0.717, 1.165) is 12.4 Å². The molecule has 4 rings (SSSR count). The van der Waals surface area contributed by atoms with Gasteiger partial charge in [0.25, 0.3) is 10.0 Å². The van der Waals surface area contributed by atoms with Gasteiger partial charge >= 0.3 is 12.6 Å². The summed E-state index contributed by atoms with van der Waals surface area (Å²) in [5, 5.41) is 0. The molecule has 0 radical (unpaired) electrons. The summed E-state index contributed by atoms with van der Waals surface area (Å²) >= 11 is 0. The summed E-state index contributed by atoms with van der Waals surface area (Å²) in [6.45, 7) is 1.45. The van der Waals surface area contributed by atoms with Crippen LogP contribution in [0.2, 0.25) is 0 Å². The van der Waals surface area contributed by atoms with Gasteiger partial charge in [-0.3, -0.25) is 4.79 Å². The van der Waals surface area contributed by atoms with Crippen molar-refractivity contribution in [3.63, 3.8) is 0 Å². The van der Waals surface area contributed by atoms with E-state index in [-0.39, 0.29) is 46.8 Å². The number of halogens is 3. The molecule has 0 spiro atoms. The number of sulfonamides is 1. The van der Waals surface area contributed by atoms with Crippen LogP contribution in [0.5, 0.6) is 5.88 Å². The first-order valence-electron chi connectivity index (χ1n) is 12.3. The van der Waals surface area contributed by atoms with Gasteiger partial charge in [0.05, 0.1) is 11.3 Å². The molecule has 40 heavy (non-hydrogen) atoms. The third-order valence-electron chi connectivity index (χ3n) is 6.78. The van der Waals surface area contributed by atoms with Crippen LogP contribution in [-0.2, 0) is 25.8 Å². The maximum Gasteiger partial charge on any atom is 0.416 e. The highest BCUT2D eigenvalue weighted by Gasteiger charge is 2.37. The van der Waals surface area contributed by atoms with Crippen LogP contribution in [0, 0.1) is 6.92 Å². The first-order chi connectivity index (χ1) is 18.9. The third kappa shape index (κ3) is 6.33. The minimum Gasteiger partial charge on any atom is -0.473 e. The van der Waals surface area contributed by atoms with Crippen molar-refractivity contribution in [2.75, 3.05) is 18.6 Å². The van der Waals surface area contributed by atoms with Crippen molar-refractivity contribution >= 4 is 22.3 Å². The molecule has 3 aromatic rings. The van der Waals surface area contributed by atoms with Gasteiger partial charge in [0, 0.05) is 24.4 Å². The molecule has 1 aliphatic rings. The number of pyridine rings is 1. The number of aromatic nitrogens is 3. The fraction of sp³-hybridized carbons (Fsp3) is 0.385. The molecule has 0 bridgehead atoms. The molecule has 0 amide bonds. The summed E-state index contributed by atoms with van der Waals surface area (Å²) in [5.41, 5.74) is 0.0656. The number of rotatable bonds is 9. The molecule has 2 aromatic heterocycles. The van der Waals surface area contributed by atoms with E-state index in [4.69, 9.17) is 9.57 Å². The molecule has 214 valence electrons. The number of nitrogens with zero attached hydrogens (tertiary/aromatic N) is 5. The molecule has 0 saturated heterocycles. The lowest BCUT2D eigenvalue weighted by atomic mass is 9.79. The standard InChI is InChI=1S/C26H28F3N5O5S/c1-17-23(40(36,37)34(38-16-35)24-11-12-30-15-31-24)9-10-25(32-17)39-22-8-7-19(14-21(22)33(2)3)18-5-4-6-20(13-18)26(27,28)29/h4-6,9-13,15-16,19,21-22H,7-8,14H2,1-3H3/t19-,21-,22-/m0/s1. The van der Waals surface area contributed by atoms with Crippen LogP contribution in [0.1, 0.15) is 42.0 Å². The van der Waals surface area contributed by atoms with Crippen LogP contribution in [-0.4, -0.2) is 61.0 Å². The Morgan fingerprint density at radius 2 is 1.88 bits per heavy atom. The maximum atomic E-state index is 13.3. The number of benzene rings is 1. The molecular formula is C26H28F3N5O5S. The zero-order chi connectivity index (χ0) is 29.1. The van der Waals surface area contributed by atoms with E-state index in [0.29, 0.717) is 29.3 Å². The molecule has 1 aromatic carbocycles. The van der Waals surface area contributed by atoms with Gasteiger partial charge in [0.15, 0.2) is 5.82 Å². The Morgan fingerprint density at radius 3 is 2.50 bits per heavy atom. The second-order valence-electron chi connectivity index (χ2n) is 9.55. The molecule has 10 nitrogen and oxygen atoms in total. The average molecular weight is 580 g/mol. The van der Waals surface area contributed by atoms with Crippen molar-refractivity contribution in [1.82, 2.24) is 19.9 Å². The number of aryl methyl sites for hydroxylation is 1. The molecule has 3 atom stereocenters. The van der Waals surface area contributed by atoms with Crippen molar-refractivity contribution in [3.8, 4) is 5.88 Å². The number of alkyl halides is 3. The van der Waals surface area contributed by atoms with Crippen LogP contribution in [0.15, 0.2) is 59.9 Å². The van der Waals surface area contributed by atoms with Gasteiger partial charge in [-0.2, -0.15) is 21.6 Å². The Kier molecular flexibility index (Phi) is 8.59. The van der Waals surface area contributed by atoms with E-state index in [1.165, 1.54) is 43.5 Å². The largest absolute Gasteiger partial charge is 0.473 e. The fourth-order valence-corrected chi connectivity index (χ4v) is 6.18. The van der Waals surface area contributed by atoms with E-state index in [1.54, 1.807) is 6.07 Å². The van der Waals surface area contributed by atoms with Gasteiger partial charge in [-0.05, 0) is 63.9 Å².